The first-order valence-electron chi connectivity index (χ1n) is 4.99. The molecular weight excluding hydrogens is 197 g/mol. The summed E-state index contributed by atoms with van der Waals surface area (Å²) in [4.78, 5) is 0.712. The van der Waals surface area contributed by atoms with Crippen molar-refractivity contribution in [1.82, 2.24) is 0 Å². The van der Waals surface area contributed by atoms with Crippen molar-refractivity contribution < 1.29 is 10.0 Å². The van der Waals surface area contributed by atoms with E-state index in [9.17, 15) is 0 Å². The van der Waals surface area contributed by atoms with Gasteiger partial charge in [0.25, 0.3) is 0 Å². The van der Waals surface area contributed by atoms with Crippen LogP contribution in [0.5, 0.6) is 0 Å². The van der Waals surface area contributed by atoms with Gasteiger partial charge >= 0.3 is 7.12 Å². The Labute approximate surface area is 91.8 Å². The van der Waals surface area contributed by atoms with Crippen LogP contribution < -0.4 is 5.73 Å². The summed E-state index contributed by atoms with van der Waals surface area (Å²) in [5, 5.41) is 18.3. The van der Waals surface area contributed by atoms with E-state index in [-0.39, 0.29) is 11.9 Å². The highest BCUT2D eigenvalue weighted by atomic mass is 32.1. The lowest BCUT2D eigenvalue weighted by atomic mass is 9.66. The molecule has 0 aliphatic heterocycles. The van der Waals surface area contributed by atoms with E-state index in [0.29, 0.717) is 17.2 Å². The van der Waals surface area contributed by atoms with Crippen molar-refractivity contribution in [3.05, 3.63) is 0 Å². The molecule has 0 aliphatic rings. The summed E-state index contributed by atoms with van der Waals surface area (Å²) in [7, 11) is -1.30. The quantitative estimate of drug-likeness (QED) is 0.458. The molecule has 0 saturated carbocycles. The van der Waals surface area contributed by atoms with E-state index in [4.69, 9.17) is 28.0 Å². The van der Waals surface area contributed by atoms with Crippen LogP contribution in [0, 0.1) is 5.92 Å². The Hall–Kier alpha value is 0.0349. The molecular formula is C9H20BNO2S. The molecule has 0 spiro atoms. The third kappa shape index (κ3) is 5.70. The largest absolute Gasteiger partial charge is 0.455 e. The van der Waals surface area contributed by atoms with Crippen LogP contribution in [0.1, 0.15) is 33.6 Å². The highest BCUT2D eigenvalue weighted by Crippen LogP contribution is 2.23. The Morgan fingerprint density at radius 2 is 1.86 bits per heavy atom. The highest BCUT2D eigenvalue weighted by molar-refractivity contribution is 7.80. The van der Waals surface area contributed by atoms with Crippen molar-refractivity contribution in [3.63, 3.8) is 0 Å². The fourth-order valence-electron chi connectivity index (χ4n) is 1.36. The molecule has 82 valence electrons. The van der Waals surface area contributed by atoms with Crippen LogP contribution in [-0.4, -0.2) is 28.1 Å². The van der Waals surface area contributed by atoms with Gasteiger partial charge in [0.15, 0.2) is 0 Å². The second-order valence-electron chi connectivity index (χ2n) is 4.26. The second kappa shape index (κ2) is 6.51. The van der Waals surface area contributed by atoms with E-state index in [1.165, 1.54) is 0 Å². The van der Waals surface area contributed by atoms with E-state index in [0.717, 1.165) is 6.42 Å². The van der Waals surface area contributed by atoms with Gasteiger partial charge in [-0.3, -0.25) is 0 Å². The SMILES string of the molecule is CC(C)C[C@H](CC(=S)[C@H](C)N)B(O)O. The van der Waals surface area contributed by atoms with Crippen molar-refractivity contribution in [3.8, 4) is 0 Å². The van der Waals surface area contributed by atoms with Gasteiger partial charge in [0, 0.05) is 10.9 Å². The highest BCUT2D eigenvalue weighted by Gasteiger charge is 2.25. The van der Waals surface area contributed by atoms with Gasteiger partial charge in [0.1, 0.15) is 0 Å². The van der Waals surface area contributed by atoms with Gasteiger partial charge in [-0.25, -0.2) is 0 Å². The first-order chi connectivity index (χ1) is 6.34. The maximum Gasteiger partial charge on any atom is 0.455 e. The lowest BCUT2D eigenvalue weighted by Crippen LogP contribution is -2.30. The summed E-state index contributed by atoms with van der Waals surface area (Å²) in [5.74, 6) is 0.242. The molecule has 0 aliphatic carbocycles. The maximum atomic E-state index is 9.15. The predicted molar refractivity (Wildman–Crippen MR) is 64.3 cm³/mol. The zero-order chi connectivity index (χ0) is 11.3. The molecule has 0 bridgehead atoms. The van der Waals surface area contributed by atoms with Gasteiger partial charge < -0.3 is 15.8 Å². The Balaban J connectivity index is 4.16. The third-order valence-electron chi connectivity index (χ3n) is 2.17. The standard InChI is InChI=1S/C9H20BNO2S/c1-6(2)4-8(10(12)13)5-9(14)7(3)11/h6-8,12-13H,4-5,11H2,1-3H3/t7-,8+/m0/s1. The summed E-state index contributed by atoms with van der Waals surface area (Å²) < 4.78 is 0. The summed E-state index contributed by atoms with van der Waals surface area (Å²) in [6.07, 6.45) is 1.27. The molecule has 3 nitrogen and oxygen atoms in total. The summed E-state index contributed by atoms with van der Waals surface area (Å²) in [6, 6.07) is -0.154. The lowest BCUT2D eigenvalue weighted by Gasteiger charge is -2.19. The number of rotatable bonds is 6. The van der Waals surface area contributed by atoms with E-state index in [2.05, 4.69) is 0 Å². The van der Waals surface area contributed by atoms with Crippen LogP contribution in [0.3, 0.4) is 0 Å². The van der Waals surface area contributed by atoms with Gasteiger partial charge in [0.05, 0.1) is 0 Å². The van der Waals surface area contributed by atoms with Crippen molar-refractivity contribution in [2.75, 3.05) is 0 Å². The molecule has 0 aromatic carbocycles. The number of hydrogen-bond donors (Lipinski definition) is 3. The Morgan fingerprint density at radius 3 is 2.14 bits per heavy atom. The van der Waals surface area contributed by atoms with E-state index in [1.54, 1.807) is 0 Å². The Kier molecular flexibility index (Phi) is 6.52. The van der Waals surface area contributed by atoms with Crippen LogP contribution in [0.2, 0.25) is 5.82 Å². The van der Waals surface area contributed by atoms with Crippen molar-refractivity contribution in [2.24, 2.45) is 11.7 Å². The molecule has 0 saturated heterocycles. The molecule has 4 N–H and O–H groups in total. The zero-order valence-corrected chi connectivity index (χ0v) is 9.92. The minimum atomic E-state index is -1.30. The van der Waals surface area contributed by atoms with Crippen LogP contribution in [-0.2, 0) is 0 Å². The summed E-state index contributed by atoms with van der Waals surface area (Å²) in [5.41, 5.74) is 5.61. The Morgan fingerprint density at radius 1 is 1.36 bits per heavy atom. The molecule has 5 heteroatoms. The predicted octanol–water partition coefficient (Wildman–Crippen LogP) is 0.983. The van der Waals surface area contributed by atoms with Crippen LogP contribution >= 0.6 is 12.2 Å². The average Bonchev–Trinajstić information content (AvgIpc) is 2.01. The minimum Gasteiger partial charge on any atom is -0.427 e. The van der Waals surface area contributed by atoms with Crippen molar-refractivity contribution in [1.29, 1.82) is 0 Å². The average molecular weight is 217 g/mol. The van der Waals surface area contributed by atoms with E-state index in [1.807, 2.05) is 20.8 Å². The van der Waals surface area contributed by atoms with Gasteiger partial charge in [-0.05, 0) is 31.5 Å². The topological polar surface area (TPSA) is 66.5 Å². The second-order valence-corrected chi connectivity index (χ2v) is 4.79. The third-order valence-corrected chi connectivity index (χ3v) is 2.71. The van der Waals surface area contributed by atoms with E-state index >= 15 is 0 Å². The fourth-order valence-corrected chi connectivity index (χ4v) is 1.57. The number of hydrogen-bond acceptors (Lipinski definition) is 4. The van der Waals surface area contributed by atoms with Gasteiger partial charge in [-0.15, -0.1) is 0 Å². The van der Waals surface area contributed by atoms with Crippen LogP contribution in [0.25, 0.3) is 0 Å². The van der Waals surface area contributed by atoms with Gasteiger partial charge in [-0.1, -0.05) is 26.1 Å². The van der Waals surface area contributed by atoms with E-state index < -0.39 is 7.12 Å². The van der Waals surface area contributed by atoms with Crippen LogP contribution in [0.4, 0.5) is 0 Å². The lowest BCUT2D eigenvalue weighted by molar-refractivity contribution is 0.368. The molecule has 0 rings (SSSR count). The summed E-state index contributed by atoms with van der Waals surface area (Å²) >= 11 is 5.08. The molecule has 0 radical (unpaired) electrons. The molecule has 0 heterocycles. The summed E-state index contributed by atoms with van der Waals surface area (Å²) in [6.45, 7) is 5.91. The molecule has 0 fully saturated rings. The molecule has 0 aromatic heterocycles. The van der Waals surface area contributed by atoms with Crippen molar-refractivity contribution >= 4 is 24.2 Å². The maximum absolute atomic E-state index is 9.15. The number of thiocarbonyl (C=S) groups is 1. The molecule has 0 aromatic rings. The molecule has 0 amide bonds. The monoisotopic (exact) mass is 217 g/mol. The fraction of sp³-hybridized carbons (Fsp3) is 0.889. The normalized spacial score (nSPS) is 15.4. The first kappa shape index (κ1) is 14.0. The van der Waals surface area contributed by atoms with Gasteiger partial charge in [0.2, 0.25) is 0 Å². The minimum absolute atomic E-state index is 0.154. The Bertz CT molecular complexity index is 186. The van der Waals surface area contributed by atoms with Gasteiger partial charge in [-0.2, -0.15) is 0 Å². The molecule has 0 unspecified atom stereocenters. The molecule has 2 atom stereocenters. The van der Waals surface area contributed by atoms with Crippen molar-refractivity contribution in [2.45, 2.75) is 45.5 Å². The van der Waals surface area contributed by atoms with Crippen LogP contribution in [0.15, 0.2) is 0 Å². The molecule has 14 heavy (non-hydrogen) atoms. The zero-order valence-electron chi connectivity index (χ0n) is 9.10. The first-order valence-corrected chi connectivity index (χ1v) is 5.39. The smallest absolute Gasteiger partial charge is 0.427 e. The number of nitrogens with two attached hydrogens (primary N) is 1.